The lowest BCUT2D eigenvalue weighted by molar-refractivity contribution is 0.0696. The summed E-state index contributed by atoms with van der Waals surface area (Å²) in [5.41, 5.74) is 0.0699. The molecule has 0 aliphatic carbocycles. The minimum Gasteiger partial charge on any atom is -0.478 e. The van der Waals surface area contributed by atoms with Crippen molar-refractivity contribution in [2.24, 2.45) is 0 Å². The lowest BCUT2D eigenvalue weighted by Gasteiger charge is -2.01. The summed E-state index contributed by atoms with van der Waals surface area (Å²) >= 11 is 2.50. The fraction of sp³-hybridized carbons (Fsp3) is 0. The Morgan fingerprint density at radius 2 is 2.31 bits per heavy atom. The second-order valence-electron chi connectivity index (χ2n) is 2.85. The molecule has 3 nitrogen and oxygen atoms in total. The summed E-state index contributed by atoms with van der Waals surface area (Å²) in [6.45, 7) is 0. The van der Waals surface area contributed by atoms with Gasteiger partial charge in [0.2, 0.25) is 0 Å². The van der Waals surface area contributed by atoms with Crippen molar-refractivity contribution >= 4 is 29.1 Å². The van der Waals surface area contributed by atoms with Crippen molar-refractivity contribution in [2.45, 2.75) is 9.24 Å². The molecule has 1 aromatic heterocycles. The van der Waals surface area contributed by atoms with E-state index in [0.29, 0.717) is 4.34 Å². The van der Waals surface area contributed by atoms with E-state index in [9.17, 15) is 9.18 Å². The van der Waals surface area contributed by atoms with Crippen molar-refractivity contribution in [2.75, 3.05) is 0 Å². The van der Waals surface area contributed by atoms with Gasteiger partial charge in [0.25, 0.3) is 0 Å². The van der Waals surface area contributed by atoms with E-state index >= 15 is 0 Å². The molecule has 0 aliphatic rings. The van der Waals surface area contributed by atoms with Crippen LogP contribution in [-0.4, -0.2) is 16.1 Å². The van der Waals surface area contributed by atoms with Crippen LogP contribution < -0.4 is 0 Å². The molecule has 0 saturated heterocycles. The van der Waals surface area contributed by atoms with Crippen molar-refractivity contribution in [3.8, 4) is 0 Å². The van der Waals surface area contributed by atoms with Crippen molar-refractivity contribution in [3.63, 3.8) is 0 Å². The topological polar surface area (TPSA) is 50.2 Å². The summed E-state index contributed by atoms with van der Waals surface area (Å²) in [6.07, 6.45) is 1.62. The van der Waals surface area contributed by atoms with E-state index in [1.807, 2.05) is 0 Å². The van der Waals surface area contributed by atoms with Crippen molar-refractivity contribution in [1.29, 1.82) is 0 Å². The molecule has 0 saturated carbocycles. The number of carboxylic acids is 1. The Labute approximate surface area is 99.0 Å². The Morgan fingerprint density at radius 1 is 1.50 bits per heavy atom. The van der Waals surface area contributed by atoms with Gasteiger partial charge in [0.15, 0.2) is 4.34 Å². The van der Waals surface area contributed by atoms with E-state index in [1.165, 1.54) is 23.5 Å². The third-order valence-electron chi connectivity index (χ3n) is 1.79. The number of halogens is 1. The number of carboxylic acid groups (broad SMARTS) is 1. The number of hydrogen-bond acceptors (Lipinski definition) is 4. The van der Waals surface area contributed by atoms with Crippen LogP contribution in [-0.2, 0) is 0 Å². The smallest absolute Gasteiger partial charge is 0.335 e. The molecule has 0 spiro atoms. The van der Waals surface area contributed by atoms with Gasteiger partial charge < -0.3 is 5.11 Å². The molecule has 0 aliphatic heterocycles. The molecule has 2 rings (SSSR count). The third kappa shape index (κ3) is 2.40. The maximum Gasteiger partial charge on any atom is 0.335 e. The Hall–Kier alpha value is -1.40. The molecule has 1 N–H and O–H groups in total. The van der Waals surface area contributed by atoms with Crippen LogP contribution in [0.1, 0.15) is 10.4 Å². The molecule has 82 valence electrons. The minimum atomic E-state index is -1.07. The zero-order valence-electron chi connectivity index (χ0n) is 7.88. The molecule has 6 heteroatoms. The van der Waals surface area contributed by atoms with E-state index < -0.39 is 11.8 Å². The predicted octanol–water partition coefficient (Wildman–Crippen LogP) is 3.13. The maximum atomic E-state index is 13.4. The maximum absolute atomic E-state index is 13.4. The first-order valence-electron chi connectivity index (χ1n) is 4.27. The quantitative estimate of drug-likeness (QED) is 0.915. The highest BCUT2D eigenvalue weighted by Gasteiger charge is 2.10. The Kier molecular flexibility index (Phi) is 3.21. The molecule has 1 aromatic carbocycles. The molecule has 2 aromatic rings. The minimum absolute atomic E-state index is 0.0699. The first-order chi connectivity index (χ1) is 7.66. The van der Waals surface area contributed by atoms with Gasteiger partial charge in [0.05, 0.1) is 10.5 Å². The highest BCUT2D eigenvalue weighted by atomic mass is 32.2. The van der Waals surface area contributed by atoms with Gasteiger partial charge in [-0.05, 0) is 18.2 Å². The number of aromatic carboxylic acids is 1. The fourth-order valence-electron chi connectivity index (χ4n) is 1.07. The van der Waals surface area contributed by atoms with Crippen LogP contribution in [0.5, 0.6) is 0 Å². The van der Waals surface area contributed by atoms with E-state index in [0.717, 1.165) is 17.8 Å². The molecule has 0 radical (unpaired) electrons. The largest absolute Gasteiger partial charge is 0.478 e. The number of rotatable bonds is 3. The van der Waals surface area contributed by atoms with E-state index in [-0.39, 0.29) is 10.5 Å². The molecular formula is C10H6FNO2S2. The van der Waals surface area contributed by atoms with E-state index in [2.05, 4.69) is 4.98 Å². The molecule has 0 fully saturated rings. The molecule has 16 heavy (non-hydrogen) atoms. The fourth-order valence-corrected chi connectivity index (χ4v) is 2.71. The Balaban J connectivity index is 2.32. The van der Waals surface area contributed by atoms with E-state index in [4.69, 9.17) is 5.11 Å². The predicted molar refractivity (Wildman–Crippen MR) is 59.6 cm³/mol. The van der Waals surface area contributed by atoms with Gasteiger partial charge in [0.1, 0.15) is 5.82 Å². The average Bonchev–Trinajstić information content (AvgIpc) is 2.73. The number of carbonyl (C=O) groups is 1. The highest BCUT2D eigenvalue weighted by Crippen LogP contribution is 2.31. The van der Waals surface area contributed by atoms with Crippen LogP contribution in [0.2, 0.25) is 0 Å². The molecule has 0 bridgehead atoms. The zero-order valence-corrected chi connectivity index (χ0v) is 9.52. The van der Waals surface area contributed by atoms with Gasteiger partial charge in [-0.15, -0.1) is 11.3 Å². The third-order valence-corrected chi connectivity index (χ3v) is 3.70. The second kappa shape index (κ2) is 4.63. The van der Waals surface area contributed by atoms with Crippen LogP contribution in [0.25, 0.3) is 0 Å². The monoisotopic (exact) mass is 255 g/mol. The normalized spacial score (nSPS) is 10.3. The number of hydrogen-bond donors (Lipinski definition) is 1. The van der Waals surface area contributed by atoms with Gasteiger partial charge in [-0.1, -0.05) is 11.8 Å². The molecule has 0 unspecified atom stereocenters. The van der Waals surface area contributed by atoms with Gasteiger partial charge in [-0.2, -0.15) is 0 Å². The van der Waals surface area contributed by atoms with Crippen LogP contribution >= 0.6 is 23.1 Å². The molecule has 0 atom stereocenters. The molecular weight excluding hydrogens is 249 g/mol. The zero-order chi connectivity index (χ0) is 11.5. The lowest BCUT2D eigenvalue weighted by Crippen LogP contribution is -1.96. The Morgan fingerprint density at radius 3 is 2.94 bits per heavy atom. The van der Waals surface area contributed by atoms with Crippen LogP contribution in [0, 0.1) is 5.82 Å². The second-order valence-corrected chi connectivity index (χ2v) is 5.03. The summed E-state index contributed by atoms with van der Waals surface area (Å²) < 4.78 is 14.1. The molecule has 1 heterocycles. The molecule has 0 amide bonds. The summed E-state index contributed by atoms with van der Waals surface area (Å²) in [6, 6.07) is 3.70. The SMILES string of the molecule is O=C(O)c1ccc(F)c(Sc2nccs2)c1. The number of aromatic nitrogens is 1. The average molecular weight is 255 g/mol. The van der Waals surface area contributed by atoms with Crippen LogP contribution in [0.15, 0.2) is 39.0 Å². The Bertz CT molecular complexity index is 514. The summed E-state index contributed by atoms with van der Waals surface area (Å²) in [7, 11) is 0. The summed E-state index contributed by atoms with van der Waals surface area (Å²) in [5.74, 6) is -1.51. The van der Waals surface area contributed by atoms with Crippen LogP contribution in [0.3, 0.4) is 0 Å². The number of thiazole rings is 1. The van der Waals surface area contributed by atoms with Crippen LogP contribution in [0.4, 0.5) is 4.39 Å². The number of benzene rings is 1. The van der Waals surface area contributed by atoms with Gasteiger partial charge >= 0.3 is 5.97 Å². The summed E-state index contributed by atoms with van der Waals surface area (Å²) in [5, 5.41) is 10.6. The van der Waals surface area contributed by atoms with Crippen molar-refractivity contribution in [1.82, 2.24) is 4.98 Å². The summed E-state index contributed by atoms with van der Waals surface area (Å²) in [4.78, 5) is 15.0. The lowest BCUT2D eigenvalue weighted by atomic mass is 10.2. The van der Waals surface area contributed by atoms with Gasteiger partial charge in [0, 0.05) is 11.6 Å². The number of nitrogens with zero attached hydrogens (tertiary/aromatic N) is 1. The first kappa shape index (κ1) is 11.1. The standard InChI is InChI=1S/C10H6FNO2S2/c11-7-2-1-6(9(13)14)5-8(7)16-10-12-3-4-15-10/h1-5H,(H,13,14). The highest BCUT2D eigenvalue weighted by molar-refractivity contribution is 8.01. The van der Waals surface area contributed by atoms with Gasteiger partial charge in [-0.3, -0.25) is 0 Å². The van der Waals surface area contributed by atoms with Crippen molar-refractivity contribution < 1.29 is 14.3 Å². The van der Waals surface area contributed by atoms with E-state index in [1.54, 1.807) is 11.6 Å². The van der Waals surface area contributed by atoms with Gasteiger partial charge in [-0.25, -0.2) is 14.2 Å². The first-order valence-corrected chi connectivity index (χ1v) is 5.96. The van der Waals surface area contributed by atoms with Crippen molar-refractivity contribution in [3.05, 3.63) is 41.2 Å².